The fraction of sp³-hybridized carbons (Fsp3) is 0.350. The van der Waals surface area contributed by atoms with Gasteiger partial charge in [-0.3, -0.25) is 9.36 Å². The van der Waals surface area contributed by atoms with Crippen molar-refractivity contribution in [1.29, 1.82) is 5.26 Å². The average Bonchev–Trinajstić information content (AvgIpc) is 3.06. The van der Waals surface area contributed by atoms with Crippen LogP contribution < -0.4 is 10.3 Å². The third-order valence-corrected chi connectivity index (χ3v) is 6.88. The fourth-order valence-electron chi connectivity index (χ4n) is 3.48. The van der Waals surface area contributed by atoms with Crippen LogP contribution in [0, 0.1) is 11.3 Å². The minimum Gasteiger partial charge on any atom is -0.495 e. The number of thiophene rings is 1. The highest BCUT2D eigenvalue weighted by Crippen LogP contribution is 2.36. The van der Waals surface area contributed by atoms with Crippen molar-refractivity contribution in [3.63, 3.8) is 0 Å². The zero-order valence-electron chi connectivity index (χ0n) is 15.2. The molecule has 0 saturated carbocycles. The molecule has 0 spiro atoms. The van der Waals surface area contributed by atoms with Crippen molar-refractivity contribution in [2.24, 2.45) is 0 Å². The van der Waals surface area contributed by atoms with Gasteiger partial charge in [0, 0.05) is 4.88 Å². The van der Waals surface area contributed by atoms with E-state index in [1.165, 1.54) is 16.6 Å². The molecule has 0 aliphatic heterocycles. The topological polar surface area (TPSA) is 67.9 Å². The predicted molar refractivity (Wildman–Crippen MR) is 109 cm³/mol. The van der Waals surface area contributed by atoms with Gasteiger partial charge in [0.2, 0.25) is 0 Å². The van der Waals surface area contributed by atoms with Gasteiger partial charge in [0.05, 0.1) is 29.5 Å². The lowest BCUT2D eigenvalue weighted by atomic mass is 9.97. The minimum absolute atomic E-state index is 0.0726. The van der Waals surface area contributed by atoms with Crippen molar-refractivity contribution in [3.05, 3.63) is 45.1 Å². The summed E-state index contributed by atoms with van der Waals surface area (Å²) in [6, 6.07) is 9.65. The van der Waals surface area contributed by atoms with Crippen LogP contribution in [0.3, 0.4) is 0 Å². The molecule has 5 nitrogen and oxygen atoms in total. The van der Waals surface area contributed by atoms with E-state index >= 15 is 0 Å². The summed E-state index contributed by atoms with van der Waals surface area (Å²) in [5.41, 5.74) is 1.74. The monoisotopic (exact) mass is 397 g/mol. The van der Waals surface area contributed by atoms with Crippen LogP contribution in [-0.2, 0) is 12.8 Å². The normalized spacial score (nSPS) is 14.6. The molecular formula is C20H19N3O2S2. The fourth-order valence-corrected chi connectivity index (χ4v) is 5.59. The molecule has 0 unspecified atom stereocenters. The predicted octanol–water partition coefficient (Wildman–Crippen LogP) is 4.34. The van der Waals surface area contributed by atoms with Gasteiger partial charge in [-0.25, -0.2) is 4.98 Å². The number of methoxy groups -OCH3 is 1. The van der Waals surface area contributed by atoms with Gasteiger partial charge < -0.3 is 4.74 Å². The van der Waals surface area contributed by atoms with Gasteiger partial charge in [0.1, 0.15) is 10.6 Å². The number of nitriles is 1. The molecule has 3 aromatic rings. The van der Waals surface area contributed by atoms with Crippen LogP contribution in [-0.4, -0.2) is 21.9 Å². The smallest absolute Gasteiger partial charge is 0.267 e. The number of thioether (sulfide) groups is 1. The summed E-state index contributed by atoms with van der Waals surface area (Å²) in [5.74, 6) is 0.608. The number of benzene rings is 1. The number of rotatable bonds is 4. The van der Waals surface area contributed by atoms with Crippen molar-refractivity contribution in [2.75, 3.05) is 7.11 Å². The minimum atomic E-state index is -0.315. The lowest BCUT2D eigenvalue weighted by molar-refractivity contribution is 0.411. The molecule has 0 saturated heterocycles. The maximum atomic E-state index is 13.6. The van der Waals surface area contributed by atoms with E-state index in [4.69, 9.17) is 9.72 Å². The first-order valence-corrected chi connectivity index (χ1v) is 10.6. The Morgan fingerprint density at radius 2 is 2.11 bits per heavy atom. The lowest BCUT2D eigenvalue weighted by Crippen LogP contribution is -2.23. The largest absolute Gasteiger partial charge is 0.495 e. The molecular weight excluding hydrogens is 378 g/mol. The highest BCUT2D eigenvalue weighted by molar-refractivity contribution is 8.00. The molecule has 2 aromatic heterocycles. The third kappa shape index (κ3) is 3.13. The van der Waals surface area contributed by atoms with E-state index in [1.54, 1.807) is 23.0 Å². The summed E-state index contributed by atoms with van der Waals surface area (Å²) < 4.78 is 7.10. The summed E-state index contributed by atoms with van der Waals surface area (Å²) in [4.78, 5) is 20.5. The Bertz CT molecular complexity index is 1110. The Kier molecular flexibility index (Phi) is 4.94. The molecule has 138 valence electrons. The molecule has 7 heteroatoms. The molecule has 0 bridgehead atoms. The summed E-state index contributed by atoms with van der Waals surface area (Å²) >= 11 is 2.93. The Morgan fingerprint density at radius 1 is 1.33 bits per heavy atom. The summed E-state index contributed by atoms with van der Waals surface area (Å²) in [6.07, 6.45) is 4.21. The zero-order chi connectivity index (χ0) is 19.0. The summed E-state index contributed by atoms with van der Waals surface area (Å²) in [7, 11) is 1.59. The van der Waals surface area contributed by atoms with Crippen molar-refractivity contribution in [2.45, 2.75) is 43.0 Å². The molecule has 1 aliphatic carbocycles. The van der Waals surface area contributed by atoms with Gasteiger partial charge in [-0.2, -0.15) is 5.26 Å². The first-order valence-electron chi connectivity index (χ1n) is 8.91. The van der Waals surface area contributed by atoms with Crippen molar-refractivity contribution in [3.8, 4) is 17.5 Å². The molecule has 1 aromatic carbocycles. The average molecular weight is 398 g/mol. The van der Waals surface area contributed by atoms with Crippen LogP contribution in [0.15, 0.2) is 34.2 Å². The van der Waals surface area contributed by atoms with Crippen LogP contribution >= 0.6 is 23.1 Å². The highest BCUT2D eigenvalue weighted by Gasteiger charge is 2.24. The van der Waals surface area contributed by atoms with Gasteiger partial charge in [0.25, 0.3) is 5.56 Å². The van der Waals surface area contributed by atoms with Gasteiger partial charge in [-0.1, -0.05) is 23.9 Å². The molecule has 0 radical (unpaired) electrons. The SMILES string of the molecule is COc1ccccc1-n1c(S[C@@H](C)C#N)nc2sc3c(c2c1=O)CCCC3. The second-order valence-electron chi connectivity index (χ2n) is 6.49. The van der Waals surface area contributed by atoms with E-state index in [0.29, 0.717) is 16.6 Å². The van der Waals surface area contributed by atoms with E-state index < -0.39 is 0 Å². The van der Waals surface area contributed by atoms with E-state index in [0.717, 1.165) is 41.5 Å². The maximum absolute atomic E-state index is 13.6. The third-order valence-electron chi connectivity index (χ3n) is 4.75. The Morgan fingerprint density at radius 3 is 2.89 bits per heavy atom. The van der Waals surface area contributed by atoms with Crippen LogP contribution in [0.2, 0.25) is 0 Å². The standard InChI is InChI=1S/C20H19N3O2S2/c1-12(11-21)26-20-22-18-17(13-7-3-6-10-16(13)27-18)19(24)23(20)14-8-4-5-9-15(14)25-2/h4-5,8-9,12H,3,6-7,10H2,1-2H3/t12-/m0/s1. The van der Waals surface area contributed by atoms with Crippen LogP contribution in [0.25, 0.3) is 15.9 Å². The number of ether oxygens (including phenoxy) is 1. The number of hydrogen-bond acceptors (Lipinski definition) is 6. The number of nitrogens with zero attached hydrogens (tertiary/aromatic N) is 3. The first-order chi connectivity index (χ1) is 13.1. The number of aryl methyl sites for hydroxylation is 2. The van der Waals surface area contributed by atoms with Gasteiger partial charge >= 0.3 is 0 Å². The molecule has 4 rings (SSSR count). The quantitative estimate of drug-likeness (QED) is 0.484. The van der Waals surface area contributed by atoms with Gasteiger partial charge in [0.15, 0.2) is 5.16 Å². The molecule has 0 N–H and O–H groups in total. The van der Waals surface area contributed by atoms with E-state index in [1.807, 2.05) is 31.2 Å². The van der Waals surface area contributed by atoms with Crippen molar-refractivity contribution >= 4 is 33.3 Å². The zero-order valence-corrected chi connectivity index (χ0v) is 16.8. The van der Waals surface area contributed by atoms with Crippen molar-refractivity contribution < 1.29 is 4.74 Å². The number of aromatic nitrogens is 2. The lowest BCUT2D eigenvalue weighted by Gasteiger charge is -2.16. The van der Waals surface area contributed by atoms with Gasteiger partial charge in [-0.15, -0.1) is 11.3 Å². The number of hydrogen-bond donors (Lipinski definition) is 0. The van der Waals surface area contributed by atoms with E-state index in [9.17, 15) is 10.1 Å². The molecule has 1 atom stereocenters. The molecule has 0 fully saturated rings. The number of fused-ring (bicyclic) bond motifs is 3. The summed E-state index contributed by atoms with van der Waals surface area (Å²) in [5, 5.41) is 10.2. The first kappa shape index (κ1) is 18.1. The maximum Gasteiger partial charge on any atom is 0.267 e. The Hall–Kier alpha value is -2.30. The molecule has 0 amide bonds. The van der Waals surface area contributed by atoms with E-state index in [-0.39, 0.29) is 10.8 Å². The van der Waals surface area contributed by atoms with E-state index in [2.05, 4.69) is 6.07 Å². The molecule has 27 heavy (non-hydrogen) atoms. The van der Waals surface area contributed by atoms with Gasteiger partial charge in [-0.05, 0) is 50.3 Å². The second-order valence-corrected chi connectivity index (χ2v) is 8.88. The Labute approximate surface area is 165 Å². The van der Waals surface area contributed by atoms with Crippen LogP contribution in [0.5, 0.6) is 5.75 Å². The van der Waals surface area contributed by atoms with Crippen LogP contribution in [0.4, 0.5) is 0 Å². The summed E-state index contributed by atoms with van der Waals surface area (Å²) in [6.45, 7) is 1.81. The highest BCUT2D eigenvalue weighted by atomic mass is 32.2. The van der Waals surface area contributed by atoms with Crippen molar-refractivity contribution in [1.82, 2.24) is 9.55 Å². The van der Waals surface area contributed by atoms with Crippen LogP contribution in [0.1, 0.15) is 30.2 Å². The Balaban J connectivity index is 2.05. The molecule has 1 aliphatic rings. The molecule has 2 heterocycles. The second kappa shape index (κ2) is 7.37. The number of para-hydroxylation sites is 2.